The van der Waals surface area contributed by atoms with E-state index in [-0.39, 0.29) is 22.7 Å². The van der Waals surface area contributed by atoms with Gasteiger partial charge in [-0.1, -0.05) is 24.3 Å². The van der Waals surface area contributed by atoms with E-state index in [4.69, 9.17) is 24.6 Å². The Kier molecular flexibility index (Phi) is 13.1. The molecule has 4 aromatic carbocycles. The van der Waals surface area contributed by atoms with Crippen molar-refractivity contribution in [2.75, 3.05) is 0 Å². The number of hydrogen-bond acceptors (Lipinski definition) is 8. The molecule has 0 saturated heterocycles. The number of phenols is 2. The summed E-state index contributed by atoms with van der Waals surface area (Å²) in [6.07, 6.45) is 7.97. The average molecular weight is 870 g/mol. The first-order chi connectivity index (χ1) is 28.3. The first-order valence-electron chi connectivity index (χ1n) is 19.5. The fourth-order valence-electron chi connectivity index (χ4n) is 6.33. The van der Waals surface area contributed by atoms with E-state index in [2.05, 4.69) is 97.3 Å². The minimum atomic E-state index is -1.46. The van der Waals surface area contributed by atoms with Gasteiger partial charge in [0.05, 0.1) is 23.8 Å². The average Bonchev–Trinajstić information content (AvgIpc) is 3.78. The van der Waals surface area contributed by atoms with Crippen molar-refractivity contribution in [3.63, 3.8) is 0 Å². The van der Waals surface area contributed by atoms with E-state index in [0.29, 0.717) is 5.46 Å². The number of aromatic nitrogens is 4. The smallest absolute Gasteiger partial charge is 0.488 e. The molecule has 0 fully saturated rings. The third kappa shape index (κ3) is 11.1. The van der Waals surface area contributed by atoms with Gasteiger partial charge in [-0.05, 0) is 178 Å². The second-order valence-corrected chi connectivity index (χ2v) is 17.3. The second kappa shape index (κ2) is 18.0. The van der Waals surface area contributed by atoms with Crippen LogP contribution >= 0.6 is 15.9 Å². The third-order valence-electron chi connectivity index (χ3n) is 9.16. The molecule has 8 aromatic rings. The zero-order valence-electron chi connectivity index (χ0n) is 35.1. The first kappa shape index (κ1) is 43.5. The molecule has 0 unspecified atom stereocenters. The van der Waals surface area contributed by atoms with Crippen LogP contribution in [0.25, 0.3) is 44.9 Å². The van der Waals surface area contributed by atoms with Crippen LogP contribution in [0.1, 0.15) is 52.7 Å². The van der Waals surface area contributed by atoms with Crippen LogP contribution in [0.4, 0.5) is 0 Å². The number of benzene rings is 4. The molecule has 0 atom stereocenters. The lowest BCUT2D eigenvalue weighted by atomic mass is 9.80. The highest BCUT2D eigenvalue weighted by Crippen LogP contribution is 2.31. The Morgan fingerprint density at radius 1 is 0.550 bits per heavy atom. The van der Waals surface area contributed by atoms with Gasteiger partial charge in [0.2, 0.25) is 0 Å². The summed E-state index contributed by atoms with van der Waals surface area (Å²) in [5, 5.41) is 35.5. The highest BCUT2D eigenvalue weighted by atomic mass is 79.9. The molecule has 8 rings (SSSR count). The molecular formula is C48H50BBrN4O6. The SMILES string of the molecule is Cc1cc2ncc(-c3ccc(OC(C)(C)C)cc3)n2cc1-c1ccc(O)cc1.Cc1cc2ncc(-c3ccc(OC(C)(C)C)cc3)n2cc1Br.OB(O)c1ccc(O)cc1. The van der Waals surface area contributed by atoms with Crippen molar-refractivity contribution in [3.8, 4) is 56.6 Å². The number of imidazole rings is 2. The summed E-state index contributed by atoms with van der Waals surface area (Å²) in [5.74, 6) is 2.11. The van der Waals surface area contributed by atoms with Gasteiger partial charge in [0.1, 0.15) is 45.5 Å². The Morgan fingerprint density at radius 2 is 0.950 bits per heavy atom. The molecule has 0 aliphatic carbocycles. The predicted octanol–water partition coefficient (Wildman–Crippen LogP) is 10.2. The van der Waals surface area contributed by atoms with Crippen molar-refractivity contribution in [3.05, 3.63) is 150 Å². The topological polar surface area (TPSA) is 134 Å². The monoisotopic (exact) mass is 868 g/mol. The number of rotatable bonds is 6. The highest BCUT2D eigenvalue weighted by molar-refractivity contribution is 9.10. The summed E-state index contributed by atoms with van der Waals surface area (Å²) in [5.41, 5.74) is 10.6. The molecule has 0 radical (unpaired) electrons. The minimum absolute atomic E-state index is 0.115. The van der Waals surface area contributed by atoms with Crippen LogP contribution in [0, 0.1) is 13.8 Å². The molecule has 10 nitrogen and oxygen atoms in total. The number of nitrogens with zero attached hydrogens (tertiary/aromatic N) is 4. The van der Waals surface area contributed by atoms with Crippen LogP contribution in [-0.2, 0) is 0 Å². The van der Waals surface area contributed by atoms with Gasteiger partial charge in [-0.3, -0.25) is 8.80 Å². The molecule has 0 amide bonds. The summed E-state index contributed by atoms with van der Waals surface area (Å²) in [4.78, 5) is 9.07. The Morgan fingerprint density at radius 3 is 1.38 bits per heavy atom. The molecule has 0 aliphatic heterocycles. The van der Waals surface area contributed by atoms with E-state index in [9.17, 15) is 5.11 Å². The van der Waals surface area contributed by atoms with Gasteiger partial charge in [0.15, 0.2) is 0 Å². The Balaban J connectivity index is 0.000000167. The zero-order valence-corrected chi connectivity index (χ0v) is 36.6. The molecule has 4 aromatic heterocycles. The van der Waals surface area contributed by atoms with Gasteiger partial charge in [0, 0.05) is 33.6 Å². The molecule has 0 spiro atoms. The summed E-state index contributed by atoms with van der Waals surface area (Å²) in [7, 11) is -1.46. The lowest BCUT2D eigenvalue weighted by molar-refractivity contribution is 0.130. The number of ether oxygens (including phenoxy) is 2. The van der Waals surface area contributed by atoms with Gasteiger partial charge in [-0.15, -0.1) is 0 Å². The lowest BCUT2D eigenvalue weighted by Gasteiger charge is -2.21. The van der Waals surface area contributed by atoms with E-state index in [1.54, 1.807) is 12.1 Å². The summed E-state index contributed by atoms with van der Waals surface area (Å²) in [6, 6.07) is 33.4. The number of phenolic OH excluding ortho intramolecular Hbond substituents is 2. The van der Waals surface area contributed by atoms with Crippen molar-refractivity contribution < 1.29 is 29.7 Å². The predicted molar refractivity (Wildman–Crippen MR) is 244 cm³/mol. The van der Waals surface area contributed by atoms with E-state index >= 15 is 0 Å². The van der Waals surface area contributed by atoms with Crippen molar-refractivity contribution in [1.82, 2.24) is 18.8 Å². The maximum absolute atomic E-state index is 9.57. The Hall–Kier alpha value is -6.08. The highest BCUT2D eigenvalue weighted by Gasteiger charge is 2.15. The van der Waals surface area contributed by atoms with Crippen LogP contribution in [0.3, 0.4) is 0 Å². The molecule has 60 heavy (non-hydrogen) atoms. The normalized spacial score (nSPS) is 11.4. The molecule has 0 saturated carbocycles. The maximum atomic E-state index is 9.57. The fourth-order valence-corrected chi connectivity index (χ4v) is 6.65. The van der Waals surface area contributed by atoms with E-state index < -0.39 is 7.12 Å². The van der Waals surface area contributed by atoms with Gasteiger partial charge in [0.25, 0.3) is 0 Å². The molecule has 0 bridgehead atoms. The molecule has 0 aliphatic rings. The number of aromatic hydroxyl groups is 2. The number of hydrogen-bond donors (Lipinski definition) is 4. The quantitative estimate of drug-likeness (QED) is 0.121. The van der Waals surface area contributed by atoms with Crippen molar-refractivity contribution in [2.24, 2.45) is 0 Å². The Bertz CT molecular complexity index is 2680. The van der Waals surface area contributed by atoms with Crippen molar-refractivity contribution >= 4 is 39.8 Å². The van der Waals surface area contributed by atoms with Crippen LogP contribution < -0.4 is 14.9 Å². The zero-order chi connectivity index (χ0) is 43.4. The fraction of sp³-hybridized carbons (Fsp3) is 0.208. The molecule has 4 heterocycles. The number of pyridine rings is 2. The van der Waals surface area contributed by atoms with E-state index in [1.807, 2.05) is 90.3 Å². The largest absolute Gasteiger partial charge is 0.508 e. The third-order valence-corrected chi connectivity index (χ3v) is 9.99. The molecule has 4 N–H and O–H groups in total. The van der Waals surface area contributed by atoms with E-state index in [1.165, 1.54) is 29.8 Å². The lowest BCUT2D eigenvalue weighted by Crippen LogP contribution is -2.29. The van der Waals surface area contributed by atoms with Crippen LogP contribution in [0.15, 0.2) is 138 Å². The number of halogens is 1. The summed E-state index contributed by atoms with van der Waals surface area (Å²) >= 11 is 3.58. The van der Waals surface area contributed by atoms with E-state index in [0.717, 1.165) is 66.5 Å². The second-order valence-electron chi connectivity index (χ2n) is 16.4. The Labute approximate surface area is 359 Å². The van der Waals surface area contributed by atoms with Gasteiger partial charge >= 0.3 is 7.12 Å². The molecular weight excluding hydrogens is 819 g/mol. The van der Waals surface area contributed by atoms with Gasteiger partial charge < -0.3 is 29.7 Å². The van der Waals surface area contributed by atoms with Crippen molar-refractivity contribution in [2.45, 2.75) is 66.6 Å². The number of aryl methyl sites for hydroxylation is 2. The van der Waals surface area contributed by atoms with Gasteiger partial charge in [-0.25, -0.2) is 9.97 Å². The van der Waals surface area contributed by atoms with Crippen LogP contribution in [0.2, 0.25) is 0 Å². The summed E-state index contributed by atoms with van der Waals surface area (Å²) in [6.45, 7) is 16.4. The molecule has 12 heteroatoms. The van der Waals surface area contributed by atoms with Crippen LogP contribution in [0.5, 0.6) is 23.0 Å². The number of fused-ring (bicyclic) bond motifs is 2. The molecule has 308 valence electrons. The maximum Gasteiger partial charge on any atom is 0.488 e. The van der Waals surface area contributed by atoms with Crippen molar-refractivity contribution in [1.29, 1.82) is 0 Å². The van der Waals surface area contributed by atoms with Crippen LogP contribution in [-0.4, -0.2) is 57.4 Å². The minimum Gasteiger partial charge on any atom is -0.508 e. The summed E-state index contributed by atoms with van der Waals surface area (Å²) < 4.78 is 17.1. The first-order valence-corrected chi connectivity index (χ1v) is 20.3. The standard InChI is InChI=1S/C24H24N2O2.C18H19BrN2O.C6H7BO3/c1-16-13-23-25-14-22(18-7-11-20(12-8-18)28-24(2,3)4)26(23)15-21(16)17-5-9-19(27)10-6-17;1-12-9-17-20-10-16(21(17)11-15(12)19)13-5-7-14(8-6-13)22-18(2,3)4;8-6-3-1-5(2-4-6)7(9)10/h5-15,27H,1-4H3;5-11H,1-4H3;1-4,8-10H. The van der Waals surface area contributed by atoms with Gasteiger partial charge in [-0.2, -0.15) is 0 Å².